The first-order valence-corrected chi connectivity index (χ1v) is 4.71. The molecule has 3 aromatic heterocycles. The highest BCUT2D eigenvalue weighted by atomic mass is 32.1. The van der Waals surface area contributed by atoms with Gasteiger partial charge in [-0.05, 0) is 6.07 Å². The lowest BCUT2D eigenvalue weighted by Crippen LogP contribution is -2.07. The second-order valence-electron chi connectivity index (χ2n) is 2.87. The molecule has 0 aliphatic carbocycles. The van der Waals surface area contributed by atoms with E-state index in [0.29, 0.717) is 16.2 Å². The van der Waals surface area contributed by atoms with Gasteiger partial charge in [0.25, 0.3) is 0 Å². The zero-order chi connectivity index (χ0) is 9.71. The number of fused-ring (bicyclic) bond motifs is 3. The van der Waals surface area contributed by atoms with Crippen LogP contribution in [0.5, 0.6) is 0 Å². The molecule has 0 fully saturated rings. The maximum Gasteiger partial charge on any atom is 0.182 e. The fraction of sp³-hybridized carbons (Fsp3) is 0. The SMILES string of the molecule is [B]c1cc2nc(N)sc2n2cnnc12. The Morgan fingerprint density at radius 1 is 1.50 bits per heavy atom. The summed E-state index contributed by atoms with van der Waals surface area (Å²) in [6.45, 7) is 0. The molecular weight excluding hydrogens is 197 g/mol. The molecule has 0 amide bonds. The molecule has 0 aliphatic rings. The molecule has 2 N–H and O–H groups in total. The van der Waals surface area contributed by atoms with Gasteiger partial charge in [0.15, 0.2) is 10.8 Å². The highest BCUT2D eigenvalue weighted by molar-refractivity contribution is 7.21. The van der Waals surface area contributed by atoms with Crippen molar-refractivity contribution in [3.8, 4) is 0 Å². The molecule has 0 unspecified atom stereocenters. The summed E-state index contributed by atoms with van der Waals surface area (Å²) in [6, 6.07) is 1.76. The zero-order valence-electron chi connectivity index (χ0n) is 7.01. The molecular formula is C7H4BN5S. The molecule has 0 aliphatic heterocycles. The van der Waals surface area contributed by atoms with Crippen molar-refractivity contribution < 1.29 is 0 Å². The van der Waals surface area contributed by atoms with Crippen LogP contribution in [-0.2, 0) is 0 Å². The molecule has 0 saturated carbocycles. The van der Waals surface area contributed by atoms with Crippen LogP contribution in [0.4, 0.5) is 5.13 Å². The number of hydrogen-bond acceptors (Lipinski definition) is 5. The van der Waals surface area contributed by atoms with Gasteiger partial charge in [0.05, 0.1) is 0 Å². The van der Waals surface area contributed by atoms with Gasteiger partial charge in [-0.15, -0.1) is 10.2 Å². The number of thiazole rings is 1. The number of nitrogen functional groups attached to an aromatic ring is 1. The first-order valence-electron chi connectivity index (χ1n) is 3.90. The second-order valence-corrected chi connectivity index (χ2v) is 3.88. The van der Waals surface area contributed by atoms with Gasteiger partial charge in [-0.2, -0.15) is 0 Å². The number of rotatable bonds is 0. The molecule has 0 saturated heterocycles. The van der Waals surface area contributed by atoms with Gasteiger partial charge in [-0.3, -0.25) is 4.40 Å². The average Bonchev–Trinajstić information content (AvgIpc) is 2.69. The van der Waals surface area contributed by atoms with Crippen molar-refractivity contribution >= 4 is 45.8 Å². The van der Waals surface area contributed by atoms with E-state index in [1.54, 1.807) is 16.8 Å². The predicted octanol–water partition coefficient (Wildman–Crippen LogP) is -0.285. The Hall–Kier alpha value is -1.63. The molecule has 2 radical (unpaired) electrons. The van der Waals surface area contributed by atoms with Crippen LogP contribution in [0.1, 0.15) is 0 Å². The lowest BCUT2D eigenvalue weighted by atomic mass is 9.98. The Labute approximate surface area is 84.0 Å². The third kappa shape index (κ3) is 0.870. The molecule has 7 heteroatoms. The Morgan fingerprint density at radius 3 is 3.21 bits per heavy atom. The van der Waals surface area contributed by atoms with Gasteiger partial charge in [-0.1, -0.05) is 16.8 Å². The topological polar surface area (TPSA) is 69.1 Å². The first kappa shape index (κ1) is 7.75. The molecule has 3 rings (SSSR count). The smallest absolute Gasteiger partial charge is 0.182 e. The molecule has 3 heterocycles. The summed E-state index contributed by atoms with van der Waals surface area (Å²) in [5.41, 5.74) is 7.58. The Bertz CT molecular complexity index is 627. The lowest BCUT2D eigenvalue weighted by molar-refractivity contribution is 1.11. The fourth-order valence-electron chi connectivity index (χ4n) is 1.40. The highest BCUT2D eigenvalue weighted by Gasteiger charge is 2.08. The van der Waals surface area contributed by atoms with Crippen molar-refractivity contribution in [3.05, 3.63) is 12.4 Å². The van der Waals surface area contributed by atoms with E-state index in [1.807, 2.05) is 0 Å². The van der Waals surface area contributed by atoms with E-state index in [9.17, 15) is 0 Å². The van der Waals surface area contributed by atoms with Crippen molar-refractivity contribution in [1.29, 1.82) is 0 Å². The second kappa shape index (κ2) is 2.45. The number of nitrogens with two attached hydrogens (primary N) is 1. The van der Waals surface area contributed by atoms with E-state index < -0.39 is 0 Å². The van der Waals surface area contributed by atoms with E-state index in [4.69, 9.17) is 13.6 Å². The summed E-state index contributed by atoms with van der Waals surface area (Å²) in [5, 5.41) is 8.21. The summed E-state index contributed by atoms with van der Waals surface area (Å²) in [4.78, 5) is 5.06. The van der Waals surface area contributed by atoms with Crippen LogP contribution in [0.25, 0.3) is 16.0 Å². The summed E-state index contributed by atoms with van der Waals surface area (Å²) < 4.78 is 1.79. The van der Waals surface area contributed by atoms with E-state index in [-0.39, 0.29) is 0 Å². The van der Waals surface area contributed by atoms with Gasteiger partial charge in [0, 0.05) is 0 Å². The minimum Gasteiger partial charge on any atom is -0.375 e. The standard InChI is InChI=1S/C7H4BN5S/c8-3-1-4-6(14-7(9)11-4)13-2-10-12-5(3)13/h1-2H,(H2,9,11). The summed E-state index contributed by atoms with van der Waals surface area (Å²) in [5.74, 6) is 0. The monoisotopic (exact) mass is 201 g/mol. The van der Waals surface area contributed by atoms with Crippen molar-refractivity contribution in [3.63, 3.8) is 0 Å². The van der Waals surface area contributed by atoms with Crippen LogP contribution < -0.4 is 11.2 Å². The van der Waals surface area contributed by atoms with Crippen LogP contribution in [-0.4, -0.2) is 27.4 Å². The van der Waals surface area contributed by atoms with E-state index >= 15 is 0 Å². The Balaban J connectivity index is 2.64. The summed E-state index contributed by atoms with van der Waals surface area (Å²) >= 11 is 1.39. The third-order valence-electron chi connectivity index (χ3n) is 1.97. The van der Waals surface area contributed by atoms with Crippen LogP contribution in [0.2, 0.25) is 0 Å². The number of nitrogens with zero attached hydrogens (tertiary/aromatic N) is 4. The molecule has 14 heavy (non-hydrogen) atoms. The molecule has 0 bridgehead atoms. The zero-order valence-corrected chi connectivity index (χ0v) is 7.82. The maximum absolute atomic E-state index is 5.78. The predicted molar refractivity (Wildman–Crippen MR) is 56.0 cm³/mol. The minimum absolute atomic E-state index is 0.514. The van der Waals surface area contributed by atoms with Gasteiger partial charge < -0.3 is 5.73 Å². The van der Waals surface area contributed by atoms with Gasteiger partial charge in [0.2, 0.25) is 0 Å². The largest absolute Gasteiger partial charge is 0.375 e. The minimum atomic E-state index is 0.514. The molecule has 0 atom stereocenters. The number of hydrogen-bond donors (Lipinski definition) is 1. The van der Waals surface area contributed by atoms with Gasteiger partial charge >= 0.3 is 0 Å². The van der Waals surface area contributed by atoms with Gasteiger partial charge in [-0.25, -0.2) is 4.98 Å². The number of aromatic nitrogens is 4. The first-order chi connectivity index (χ1) is 6.75. The summed E-state index contributed by atoms with van der Waals surface area (Å²) in [7, 11) is 5.78. The summed E-state index contributed by atoms with van der Waals surface area (Å²) in [6.07, 6.45) is 1.60. The highest BCUT2D eigenvalue weighted by Crippen LogP contribution is 2.22. The normalized spacial score (nSPS) is 11.4. The van der Waals surface area contributed by atoms with Crippen LogP contribution in [0.15, 0.2) is 12.4 Å². The van der Waals surface area contributed by atoms with Crippen molar-refractivity contribution in [1.82, 2.24) is 19.6 Å². The molecule has 5 nitrogen and oxygen atoms in total. The van der Waals surface area contributed by atoms with Gasteiger partial charge in [0.1, 0.15) is 24.5 Å². The number of anilines is 1. The Kier molecular flexibility index (Phi) is 1.35. The molecule has 0 spiro atoms. The quantitative estimate of drug-likeness (QED) is 0.507. The van der Waals surface area contributed by atoms with E-state index in [1.165, 1.54) is 11.3 Å². The molecule has 0 aromatic carbocycles. The average molecular weight is 201 g/mol. The molecule has 3 aromatic rings. The fourth-order valence-corrected chi connectivity index (χ4v) is 2.18. The van der Waals surface area contributed by atoms with Crippen molar-refractivity contribution in [2.24, 2.45) is 0 Å². The maximum atomic E-state index is 5.78. The van der Waals surface area contributed by atoms with Crippen molar-refractivity contribution in [2.45, 2.75) is 0 Å². The van der Waals surface area contributed by atoms with Crippen LogP contribution in [0, 0.1) is 0 Å². The Morgan fingerprint density at radius 2 is 2.36 bits per heavy atom. The lowest BCUT2D eigenvalue weighted by Gasteiger charge is -1.96. The van der Waals surface area contributed by atoms with E-state index in [2.05, 4.69) is 15.2 Å². The number of pyridine rings is 1. The van der Waals surface area contributed by atoms with Crippen molar-refractivity contribution in [2.75, 3.05) is 5.73 Å². The van der Waals surface area contributed by atoms with E-state index in [0.717, 1.165) is 10.3 Å². The molecule has 66 valence electrons. The third-order valence-corrected chi connectivity index (χ3v) is 2.87. The van der Waals surface area contributed by atoms with Crippen LogP contribution >= 0.6 is 11.3 Å². The van der Waals surface area contributed by atoms with Crippen LogP contribution in [0.3, 0.4) is 0 Å².